The first kappa shape index (κ1) is 20.6. The number of aromatic nitrogens is 3. The summed E-state index contributed by atoms with van der Waals surface area (Å²) in [5.74, 6) is -0.402. The lowest BCUT2D eigenvalue weighted by Gasteiger charge is -2.31. The molecule has 10 heteroatoms. The number of hydrogen-bond donors (Lipinski definition) is 1. The molecule has 1 amide bonds. The highest BCUT2D eigenvalue weighted by Crippen LogP contribution is 2.34. The van der Waals surface area contributed by atoms with E-state index in [1.54, 1.807) is 0 Å². The molecular formula is C20H19ClF3N5O. The first-order valence-corrected chi connectivity index (χ1v) is 9.88. The topological polar surface area (TPSA) is 63.1 Å². The molecule has 2 heterocycles. The van der Waals surface area contributed by atoms with E-state index >= 15 is 0 Å². The molecule has 30 heavy (non-hydrogen) atoms. The number of anilines is 1. The van der Waals surface area contributed by atoms with Gasteiger partial charge in [-0.15, -0.1) is 5.10 Å². The van der Waals surface area contributed by atoms with Gasteiger partial charge in [-0.3, -0.25) is 9.69 Å². The summed E-state index contributed by atoms with van der Waals surface area (Å²) in [4.78, 5) is 14.3. The third-order valence-electron chi connectivity index (χ3n) is 5.22. The lowest BCUT2D eigenvalue weighted by atomic mass is 10.0. The third-order valence-corrected chi connectivity index (χ3v) is 5.54. The largest absolute Gasteiger partial charge is 0.416 e. The summed E-state index contributed by atoms with van der Waals surface area (Å²) in [6.07, 6.45) is -2.91. The average molecular weight is 438 g/mol. The zero-order chi connectivity index (χ0) is 21.3. The van der Waals surface area contributed by atoms with Gasteiger partial charge in [-0.05, 0) is 43.2 Å². The Balaban J connectivity index is 1.35. The molecular weight excluding hydrogens is 419 g/mol. The van der Waals surface area contributed by atoms with Gasteiger partial charge in [-0.25, -0.2) is 4.68 Å². The maximum Gasteiger partial charge on any atom is 0.416 e. The molecule has 1 fully saturated rings. The smallest absolute Gasteiger partial charge is 0.324 e. The van der Waals surface area contributed by atoms with Gasteiger partial charge >= 0.3 is 6.18 Å². The monoisotopic (exact) mass is 437 g/mol. The van der Waals surface area contributed by atoms with Gasteiger partial charge in [0.25, 0.3) is 0 Å². The van der Waals surface area contributed by atoms with Crippen LogP contribution in [0.15, 0.2) is 42.5 Å². The number of nitrogens with zero attached hydrogens (tertiary/aromatic N) is 4. The van der Waals surface area contributed by atoms with Crippen molar-refractivity contribution in [3.63, 3.8) is 0 Å². The molecule has 0 unspecified atom stereocenters. The van der Waals surface area contributed by atoms with E-state index in [0.29, 0.717) is 13.1 Å². The normalized spacial score (nSPS) is 16.1. The van der Waals surface area contributed by atoms with Crippen LogP contribution in [0.2, 0.25) is 5.02 Å². The van der Waals surface area contributed by atoms with Crippen molar-refractivity contribution in [3.8, 4) is 0 Å². The fraction of sp³-hybridized carbons (Fsp3) is 0.350. The summed E-state index contributed by atoms with van der Waals surface area (Å²) in [5, 5.41) is 11.0. The molecule has 1 aliphatic heterocycles. The highest BCUT2D eigenvalue weighted by atomic mass is 35.5. The van der Waals surface area contributed by atoms with Crippen LogP contribution in [0, 0.1) is 0 Å². The Hall–Kier alpha value is -2.65. The van der Waals surface area contributed by atoms with Crippen molar-refractivity contribution in [1.82, 2.24) is 19.9 Å². The predicted molar refractivity (Wildman–Crippen MR) is 107 cm³/mol. The summed E-state index contributed by atoms with van der Waals surface area (Å²) < 4.78 is 40.6. The van der Waals surface area contributed by atoms with Crippen molar-refractivity contribution >= 4 is 34.2 Å². The molecule has 0 bridgehead atoms. The molecule has 3 aromatic rings. The van der Waals surface area contributed by atoms with Crippen LogP contribution in [-0.4, -0.2) is 45.4 Å². The number of nitrogens with one attached hydrogen (secondary N) is 1. The summed E-state index contributed by atoms with van der Waals surface area (Å²) in [6.45, 7) is 1.42. The first-order chi connectivity index (χ1) is 14.3. The summed E-state index contributed by atoms with van der Waals surface area (Å²) in [6, 6.07) is 10.8. The zero-order valence-corrected chi connectivity index (χ0v) is 16.6. The average Bonchev–Trinajstić information content (AvgIpc) is 3.13. The number of hydrogen-bond acceptors (Lipinski definition) is 4. The second kappa shape index (κ2) is 8.23. The SMILES string of the molecule is O=C(CN1CCC(n2nnc3ccccc32)CC1)Nc1cc(C(F)(F)F)ccc1Cl. The molecule has 0 atom stereocenters. The van der Waals surface area contributed by atoms with E-state index in [4.69, 9.17) is 11.6 Å². The Morgan fingerprint density at radius 2 is 1.90 bits per heavy atom. The number of piperidine rings is 1. The minimum atomic E-state index is -4.50. The van der Waals surface area contributed by atoms with Crippen molar-refractivity contribution in [2.24, 2.45) is 0 Å². The number of carbonyl (C=O) groups excluding carboxylic acids is 1. The zero-order valence-electron chi connectivity index (χ0n) is 15.9. The van der Waals surface area contributed by atoms with Crippen molar-refractivity contribution in [1.29, 1.82) is 0 Å². The molecule has 1 saturated heterocycles. The minimum Gasteiger partial charge on any atom is -0.324 e. The van der Waals surface area contributed by atoms with Crippen LogP contribution < -0.4 is 5.32 Å². The summed E-state index contributed by atoms with van der Waals surface area (Å²) in [5.41, 5.74) is 0.925. The fourth-order valence-corrected chi connectivity index (χ4v) is 3.83. The van der Waals surface area contributed by atoms with Crippen LogP contribution in [0.25, 0.3) is 11.0 Å². The minimum absolute atomic E-state index is 0.0412. The second-order valence-electron chi connectivity index (χ2n) is 7.27. The molecule has 4 rings (SSSR count). The lowest BCUT2D eigenvalue weighted by molar-refractivity contribution is -0.137. The number of para-hydroxylation sites is 1. The van der Waals surface area contributed by atoms with Gasteiger partial charge in [0.1, 0.15) is 5.52 Å². The molecule has 0 saturated carbocycles. The number of fused-ring (bicyclic) bond motifs is 1. The number of likely N-dealkylation sites (tertiary alicyclic amines) is 1. The standard InChI is InChI=1S/C20H19ClF3N5O/c21-15-6-5-13(20(22,23)24)11-17(15)25-19(30)12-28-9-7-14(8-10-28)29-18-4-2-1-3-16(18)26-27-29/h1-6,11,14H,7-10,12H2,(H,25,30). The maximum atomic E-state index is 12.9. The Bertz CT molecular complexity index is 1060. The van der Waals surface area contributed by atoms with Crippen molar-refractivity contribution < 1.29 is 18.0 Å². The highest BCUT2D eigenvalue weighted by molar-refractivity contribution is 6.33. The first-order valence-electron chi connectivity index (χ1n) is 9.50. The van der Waals surface area contributed by atoms with Gasteiger partial charge in [-0.2, -0.15) is 13.2 Å². The number of benzene rings is 2. The molecule has 1 N–H and O–H groups in total. The van der Waals surface area contributed by atoms with E-state index in [0.717, 1.165) is 42.1 Å². The van der Waals surface area contributed by atoms with Crippen LogP contribution in [0.4, 0.5) is 18.9 Å². The summed E-state index contributed by atoms with van der Waals surface area (Å²) in [7, 11) is 0. The Morgan fingerprint density at radius 3 is 2.63 bits per heavy atom. The van der Waals surface area contributed by atoms with Gasteiger partial charge in [-0.1, -0.05) is 28.9 Å². The predicted octanol–water partition coefficient (Wildman–Crippen LogP) is 4.38. The van der Waals surface area contributed by atoms with Gasteiger partial charge in [0.05, 0.1) is 34.4 Å². The highest BCUT2D eigenvalue weighted by Gasteiger charge is 2.31. The van der Waals surface area contributed by atoms with Gasteiger partial charge in [0.2, 0.25) is 5.91 Å². The van der Waals surface area contributed by atoms with Gasteiger partial charge in [0.15, 0.2) is 0 Å². The van der Waals surface area contributed by atoms with Gasteiger partial charge in [0, 0.05) is 13.1 Å². The van der Waals surface area contributed by atoms with Crippen LogP contribution >= 0.6 is 11.6 Å². The van der Waals surface area contributed by atoms with E-state index in [9.17, 15) is 18.0 Å². The summed E-state index contributed by atoms with van der Waals surface area (Å²) >= 11 is 5.95. The molecule has 0 radical (unpaired) electrons. The quantitative estimate of drug-likeness (QED) is 0.658. The molecule has 1 aliphatic rings. The Morgan fingerprint density at radius 1 is 1.17 bits per heavy atom. The number of amides is 1. The lowest BCUT2D eigenvalue weighted by Crippen LogP contribution is -2.39. The van der Waals surface area contributed by atoms with Crippen molar-refractivity contribution in [2.45, 2.75) is 25.1 Å². The van der Waals surface area contributed by atoms with E-state index in [1.807, 2.05) is 33.8 Å². The molecule has 2 aromatic carbocycles. The number of carbonyl (C=O) groups is 1. The van der Waals surface area contributed by atoms with Crippen LogP contribution in [-0.2, 0) is 11.0 Å². The molecule has 0 spiro atoms. The molecule has 158 valence electrons. The fourth-order valence-electron chi connectivity index (χ4n) is 3.67. The Labute approximate surface area is 175 Å². The van der Waals surface area contributed by atoms with Crippen LogP contribution in [0.3, 0.4) is 0 Å². The number of rotatable bonds is 4. The molecule has 6 nitrogen and oxygen atoms in total. The van der Waals surface area contributed by atoms with Crippen molar-refractivity contribution in [3.05, 3.63) is 53.1 Å². The van der Waals surface area contributed by atoms with Gasteiger partial charge < -0.3 is 5.32 Å². The van der Waals surface area contributed by atoms with E-state index in [1.165, 1.54) is 0 Å². The van der Waals surface area contributed by atoms with E-state index < -0.39 is 17.6 Å². The second-order valence-corrected chi connectivity index (χ2v) is 7.68. The number of halogens is 4. The van der Waals surface area contributed by atoms with E-state index in [2.05, 4.69) is 15.6 Å². The van der Waals surface area contributed by atoms with Crippen molar-refractivity contribution in [2.75, 3.05) is 25.0 Å². The number of alkyl halides is 3. The molecule has 0 aliphatic carbocycles. The van der Waals surface area contributed by atoms with E-state index in [-0.39, 0.29) is 23.3 Å². The third kappa shape index (κ3) is 4.41. The van der Waals surface area contributed by atoms with Crippen LogP contribution in [0.1, 0.15) is 24.4 Å². The Kier molecular flexibility index (Phi) is 5.66. The van der Waals surface area contributed by atoms with Crippen LogP contribution in [0.5, 0.6) is 0 Å². The maximum absolute atomic E-state index is 12.9. The molecule has 1 aromatic heterocycles.